The molecule has 12 heteroatoms. The number of rotatable bonds is 11. The molecule has 1 saturated heterocycles. The van der Waals surface area contributed by atoms with Crippen molar-refractivity contribution >= 4 is 0 Å². The summed E-state index contributed by atoms with van der Waals surface area (Å²) in [4.78, 5) is 0. The topological polar surface area (TPSA) is 199 Å². The van der Waals surface area contributed by atoms with Gasteiger partial charge in [-0.15, -0.1) is 0 Å². The van der Waals surface area contributed by atoms with Gasteiger partial charge in [0.15, 0.2) is 0 Å². The molecule has 8 N–H and O–H groups in total. The van der Waals surface area contributed by atoms with Crippen LogP contribution in [0.3, 0.4) is 0 Å². The van der Waals surface area contributed by atoms with Gasteiger partial charge in [-0.2, -0.15) is 0 Å². The lowest BCUT2D eigenvalue weighted by molar-refractivity contribution is -0.277. The van der Waals surface area contributed by atoms with Crippen molar-refractivity contribution < 1.29 is 59.8 Å². The summed E-state index contributed by atoms with van der Waals surface area (Å²) in [5.74, 6) is 0.370. The van der Waals surface area contributed by atoms with Crippen LogP contribution in [0.15, 0.2) is 24.3 Å². The third kappa shape index (κ3) is 6.70. The summed E-state index contributed by atoms with van der Waals surface area (Å²) in [7, 11) is 0. The van der Waals surface area contributed by atoms with Gasteiger partial charge in [0.25, 0.3) is 0 Å². The summed E-state index contributed by atoms with van der Waals surface area (Å²) >= 11 is 0. The molecule has 1 aliphatic heterocycles. The Morgan fingerprint density at radius 2 is 1.52 bits per heavy atom. The first-order valence-electron chi connectivity index (χ1n) is 9.69. The quantitative estimate of drug-likeness (QED) is 0.156. The van der Waals surface area contributed by atoms with Crippen molar-refractivity contribution in [3.05, 3.63) is 24.3 Å². The zero-order valence-corrected chi connectivity index (χ0v) is 16.8. The first-order chi connectivity index (χ1) is 14.7. The van der Waals surface area contributed by atoms with E-state index in [9.17, 15) is 40.9 Å². The molecule has 1 aliphatic rings. The van der Waals surface area contributed by atoms with Gasteiger partial charge in [-0.05, 0) is 31.2 Å². The number of aliphatic hydroxyl groups excluding tert-OH is 8. The van der Waals surface area contributed by atoms with Crippen LogP contribution in [0.4, 0.5) is 0 Å². The minimum absolute atomic E-state index is 0.181. The molecule has 1 aromatic carbocycles. The maximum Gasteiger partial charge on any atom is 0.229 e. The fourth-order valence-corrected chi connectivity index (χ4v) is 2.79. The number of aliphatic hydroxyl groups is 8. The minimum atomic E-state index is -1.58. The van der Waals surface area contributed by atoms with Crippen molar-refractivity contribution in [2.75, 3.05) is 19.8 Å². The highest BCUT2D eigenvalue weighted by Gasteiger charge is 2.44. The minimum Gasteiger partial charge on any atom is -0.462 e. The van der Waals surface area contributed by atoms with E-state index in [1.165, 1.54) is 31.2 Å². The molecule has 0 aromatic heterocycles. The van der Waals surface area contributed by atoms with Crippen LogP contribution in [0.1, 0.15) is 6.92 Å². The Hall–Kier alpha value is -1.58. The van der Waals surface area contributed by atoms with Crippen molar-refractivity contribution in [2.45, 2.75) is 62.2 Å². The average Bonchev–Trinajstić information content (AvgIpc) is 2.77. The number of hydrogen-bond acceptors (Lipinski definition) is 12. The SMILES string of the molecule is C[C@H](O)C(CO)OC(Oc1ccc(O[C@@H]2O[C@H](CO)C(O)C(O)C2O)cc1)[C@@H](O)CO. The molecular formula is C19H30O12. The Morgan fingerprint density at radius 3 is 2.03 bits per heavy atom. The highest BCUT2D eigenvalue weighted by molar-refractivity contribution is 5.31. The normalized spacial score (nSPS) is 30.3. The molecular weight excluding hydrogens is 420 g/mol. The predicted molar refractivity (Wildman–Crippen MR) is 102 cm³/mol. The van der Waals surface area contributed by atoms with Crippen molar-refractivity contribution in [1.29, 1.82) is 0 Å². The summed E-state index contributed by atoms with van der Waals surface area (Å²) < 4.78 is 21.5. The molecule has 12 nitrogen and oxygen atoms in total. The van der Waals surface area contributed by atoms with Crippen LogP contribution in [0.5, 0.6) is 11.5 Å². The van der Waals surface area contributed by atoms with Gasteiger partial charge in [-0.1, -0.05) is 0 Å². The van der Waals surface area contributed by atoms with E-state index in [0.29, 0.717) is 0 Å². The molecule has 2 rings (SSSR count). The Morgan fingerprint density at radius 1 is 0.903 bits per heavy atom. The fraction of sp³-hybridized carbons (Fsp3) is 0.684. The van der Waals surface area contributed by atoms with E-state index in [-0.39, 0.29) is 11.5 Å². The van der Waals surface area contributed by atoms with Crippen LogP contribution < -0.4 is 9.47 Å². The standard InChI is InChI=1S/C19H30O12/c1-9(23)13(7-21)30-18(12(24)6-20)28-10-2-4-11(5-3-10)29-19-17(27)16(26)15(25)14(8-22)31-19/h2-5,9,12-27H,6-8H2,1H3/t9-,12-,13?,14+,15?,16?,17?,18?,19+/m0/s1. The lowest BCUT2D eigenvalue weighted by Gasteiger charge is -2.39. The monoisotopic (exact) mass is 450 g/mol. The molecule has 0 bridgehead atoms. The molecule has 0 amide bonds. The fourth-order valence-electron chi connectivity index (χ4n) is 2.79. The van der Waals surface area contributed by atoms with Gasteiger partial charge in [-0.25, -0.2) is 0 Å². The maximum atomic E-state index is 10.0. The van der Waals surface area contributed by atoms with E-state index in [1.807, 2.05) is 0 Å². The van der Waals surface area contributed by atoms with E-state index in [0.717, 1.165) is 0 Å². The summed E-state index contributed by atoms with van der Waals surface area (Å²) in [5, 5.41) is 76.8. The van der Waals surface area contributed by atoms with Gasteiger partial charge in [0, 0.05) is 0 Å². The molecule has 0 aliphatic carbocycles. The summed E-state index contributed by atoms with van der Waals surface area (Å²) in [5.41, 5.74) is 0. The molecule has 1 aromatic rings. The van der Waals surface area contributed by atoms with Crippen molar-refractivity contribution in [2.24, 2.45) is 0 Å². The number of benzene rings is 1. The third-order valence-corrected chi connectivity index (χ3v) is 4.70. The molecule has 1 heterocycles. The van der Waals surface area contributed by atoms with E-state index >= 15 is 0 Å². The van der Waals surface area contributed by atoms with Gasteiger partial charge in [0.1, 0.15) is 48.1 Å². The summed E-state index contributed by atoms with van der Waals surface area (Å²) in [6.45, 7) is -0.440. The van der Waals surface area contributed by atoms with Crippen LogP contribution in [-0.4, -0.2) is 116 Å². The van der Waals surface area contributed by atoms with Crippen LogP contribution in [0.2, 0.25) is 0 Å². The van der Waals surface area contributed by atoms with Gasteiger partial charge in [0.05, 0.1) is 25.9 Å². The molecule has 178 valence electrons. The lowest BCUT2D eigenvalue weighted by atomic mass is 9.99. The molecule has 0 radical (unpaired) electrons. The van der Waals surface area contributed by atoms with Gasteiger partial charge >= 0.3 is 0 Å². The van der Waals surface area contributed by atoms with Crippen LogP contribution in [-0.2, 0) is 9.47 Å². The molecule has 5 unspecified atom stereocenters. The van der Waals surface area contributed by atoms with Crippen molar-refractivity contribution in [3.8, 4) is 11.5 Å². The summed E-state index contributed by atoms with van der Waals surface area (Å²) in [6, 6.07) is 5.65. The number of ether oxygens (including phenoxy) is 4. The van der Waals surface area contributed by atoms with E-state index < -0.39 is 75.1 Å². The average molecular weight is 450 g/mol. The second-order valence-corrected chi connectivity index (χ2v) is 7.12. The smallest absolute Gasteiger partial charge is 0.229 e. The third-order valence-electron chi connectivity index (χ3n) is 4.70. The van der Waals surface area contributed by atoms with Gasteiger partial charge in [0.2, 0.25) is 12.6 Å². The Kier molecular flexibility index (Phi) is 9.84. The first kappa shape index (κ1) is 25.7. The van der Waals surface area contributed by atoms with Crippen LogP contribution in [0, 0.1) is 0 Å². The van der Waals surface area contributed by atoms with Crippen LogP contribution >= 0.6 is 0 Å². The second-order valence-electron chi connectivity index (χ2n) is 7.12. The van der Waals surface area contributed by atoms with E-state index in [1.54, 1.807) is 0 Å². The first-order valence-corrected chi connectivity index (χ1v) is 9.69. The Labute approximate surface area is 178 Å². The number of hydrogen-bond donors (Lipinski definition) is 8. The van der Waals surface area contributed by atoms with Crippen LogP contribution in [0.25, 0.3) is 0 Å². The molecule has 0 spiro atoms. The highest BCUT2D eigenvalue weighted by atomic mass is 16.7. The Bertz CT molecular complexity index is 639. The van der Waals surface area contributed by atoms with Crippen molar-refractivity contribution in [3.63, 3.8) is 0 Å². The van der Waals surface area contributed by atoms with E-state index in [2.05, 4.69) is 0 Å². The molecule has 1 fully saturated rings. The van der Waals surface area contributed by atoms with Gasteiger partial charge < -0.3 is 59.8 Å². The van der Waals surface area contributed by atoms with Gasteiger partial charge in [-0.3, -0.25) is 0 Å². The van der Waals surface area contributed by atoms with E-state index in [4.69, 9.17) is 18.9 Å². The van der Waals surface area contributed by atoms with Crippen molar-refractivity contribution in [1.82, 2.24) is 0 Å². The molecule has 9 atom stereocenters. The lowest BCUT2D eigenvalue weighted by Crippen LogP contribution is -2.60. The predicted octanol–water partition coefficient (Wildman–Crippen LogP) is -3.32. The zero-order valence-electron chi connectivity index (χ0n) is 16.8. The zero-order chi connectivity index (χ0) is 23.1. The Balaban J connectivity index is 2.04. The largest absolute Gasteiger partial charge is 0.462 e. The highest BCUT2D eigenvalue weighted by Crippen LogP contribution is 2.26. The summed E-state index contributed by atoms with van der Waals surface area (Å²) in [6.07, 6.45) is -12.1. The molecule has 0 saturated carbocycles. The molecule has 31 heavy (non-hydrogen) atoms. The maximum absolute atomic E-state index is 10.0. The second kappa shape index (κ2) is 11.9.